The van der Waals surface area contributed by atoms with E-state index in [4.69, 9.17) is 14.5 Å². The Morgan fingerprint density at radius 2 is 2.10 bits per heavy atom. The Hall–Kier alpha value is -2.62. The van der Waals surface area contributed by atoms with Gasteiger partial charge in [0.1, 0.15) is 0 Å². The lowest BCUT2D eigenvalue weighted by atomic mass is 10.2. The molecule has 0 aliphatic carbocycles. The number of nitrogens with one attached hydrogen (secondary N) is 1. The lowest BCUT2D eigenvalue weighted by molar-refractivity contribution is 0.0889. The van der Waals surface area contributed by atoms with Crippen LogP contribution >= 0.6 is 11.3 Å². The number of hydrogen-bond donors (Lipinski definition) is 1. The summed E-state index contributed by atoms with van der Waals surface area (Å²) < 4.78 is 12.1. The smallest absolute Gasteiger partial charge is 0.255 e. The van der Waals surface area contributed by atoms with Crippen molar-refractivity contribution in [2.75, 3.05) is 20.8 Å². The van der Waals surface area contributed by atoms with Crippen LogP contribution in [0.4, 0.5) is 0 Å². The molecule has 0 spiro atoms. The molecular weight excluding hydrogens is 402 g/mol. The molecule has 3 heterocycles. The van der Waals surface area contributed by atoms with Crippen molar-refractivity contribution in [3.8, 4) is 17.2 Å². The maximum absolute atomic E-state index is 12.8. The summed E-state index contributed by atoms with van der Waals surface area (Å²) in [7, 11) is 3.19. The third kappa shape index (κ3) is 4.75. The predicted octanol–water partition coefficient (Wildman–Crippen LogP) is 3.31. The minimum atomic E-state index is -0.224. The summed E-state index contributed by atoms with van der Waals surface area (Å²) in [5.74, 6) is 0.170. The molecule has 0 fully saturated rings. The molecule has 3 rings (SSSR count). The largest absolute Gasteiger partial charge is 0.383 e. The van der Waals surface area contributed by atoms with Crippen LogP contribution in [-0.2, 0) is 16.1 Å². The maximum Gasteiger partial charge on any atom is 0.255 e. The normalized spacial score (nSPS) is 12.2. The van der Waals surface area contributed by atoms with Crippen molar-refractivity contribution in [2.24, 2.45) is 0 Å². The van der Waals surface area contributed by atoms with Gasteiger partial charge in [-0.15, -0.1) is 11.3 Å². The second kappa shape index (κ2) is 9.92. The molecule has 1 N–H and O–H groups in total. The Balaban J connectivity index is 1.96. The molecule has 0 aliphatic heterocycles. The van der Waals surface area contributed by atoms with Crippen LogP contribution in [0.2, 0.25) is 0 Å². The highest BCUT2D eigenvalue weighted by Crippen LogP contribution is 2.29. The minimum Gasteiger partial charge on any atom is -0.383 e. The van der Waals surface area contributed by atoms with Crippen molar-refractivity contribution < 1.29 is 14.3 Å². The van der Waals surface area contributed by atoms with Crippen molar-refractivity contribution in [3.05, 3.63) is 45.5 Å². The molecule has 30 heavy (non-hydrogen) atoms. The first-order valence-corrected chi connectivity index (χ1v) is 10.6. The number of methoxy groups -OCH3 is 2. The molecule has 3 aromatic rings. The van der Waals surface area contributed by atoms with Gasteiger partial charge in [-0.05, 0) is 32.4 Å². The fourth-order valence-corrected chi connectivity index (χ4v) is 4.16. The van der Waals surface area contributed by atoms with Gasteiger partial charge < -0.3 is 14.8 Å². The van der Waals surface area contributed by atoms with Crippen molar-refractivity contribution in [1.29, 1.82) is 0 Å². The third-order valence-electron chi connectivity index (χ3n) is 4.74. The Morgan fingerprint density at radius 3 is 2.73 bits per heavy atom. The van der Waals surface area contributed by atoms with Gasteiger partial charge in [0.2, 0.25) is 0 Å². The summed E-state index contributed by atoms with van der Waals surface area (Å²) in [5.41, 5.74) is 2.92. The lowest BCUT2D eigenvalue weighted by Crippen LogP contribution is -2.37. The summed E-state index contributed by atoms with van der Waals surface area (Å²) in [6.45, 7) is 6.79. The van der Waals surface area contributed by atoms with E-state index in [-0.39, 0.29) is 18.6 Å². The molecular formula is C21H27N5O3S. The van der Waals surface area contributed by atoms with Gasteiger partial charge in [0, 0.05) is 35.7 Å². The zero-order valence-corrected chi connectivity index (χ0v) is 18.7. The highest BCUT2D eigenvalue weighted by Gasteiger charge is 2.22. The van der Waals surface area contributed by atoms with E-state index in [0.29, 0.717) is 23.8 Å². The first-order valence-electron chi connectivity index (χ1n) is 9.74. The SMILES string of the molecule is CCC(COC)NC(=O)c1cnn(-c2nccc(-c3cc(C)sc3C)n2)c1COC. The number of rotatable bonds is 9. The van der Waals surface area contributed by atoms with E-state index in [1.807, 2.05) is 13.0 Å². The second-order valence-electron chi connectivity index (χ2n) is 6.95. The van der Waals surface area contributed by atoms with Crippen LogP contribution in [0.15, 0.2) is 24.5 Å². The van der Waals surface area contributed by atoms with Crippen LogP contribution in [0.25, 0.3) is 17.2 Å². The molecule has 0 saturated heterocycles. The van der Waals surface area contributed by atoms with E-state index in [2.05, 4.69) is 35.3 Å². The third-order valence-corrected chi connectivity index (χ3v) is 5.71. The van der Waals surface area contributed by atoms with E-state index in [9.17, 15) is 4.79 Å². The van der Waals surface area contributed by atoms with Gasteiger partial charge in [-0.3, -0.25) is 4.79 Å². The van der Waals surface area contributed by atoms with Crippen LogP contribution in [0.3, 0.4) is 0 Å². The Bertz CT molecular complexity index is 1010. The monoisotopic (exact) mass is 429 g/mol. The number of carbonyl (C=O) groups is 1. The molecule has 8 nitrogen and oxygen atoms in total. The predicted molar refractivity (Wildman–Crippen MR) is 116 cm³/mol. The van der Waals surface area contributed by atoms with Crippen LogP contribution in [0.1, 0.15) is 39.2 Å². The summed E-state index contributed by atoms with van der Waals surface area (Å²) in [5, 5.41) is 7.37. The molecule has 0 radical (unpaired) electrons. The van der Waals surface area contributed by atoms with Gasteiger partial charge in [-0.2, -0.15) is 9.78 Å². The van der Waals surface area contributed by atoms with Crippen molar-refractivity contribution in [1.82, 2.24) is 25.1 Å². The van der Waals surface area contributed by atoms with Crippen LogP contribution in [0, 0.1) is 13.8 Å². The zero-order valence-electron chi connectivity index (χ0n) is 17.9. The van der Waals surface area contributed by atoms with Crippen molar-refractivity contribution >= 4 is 17.2 Å². The summed E-state index contributed by atoms with van der Waals surface area (Å²) in [6.07, 6.45) is 3.99. The second-order valence-corrected chi connectivity index (χ2v) is 8.41. The number of aryl methyl sites for hydroxylation is 2. The van der Waals surface area contributed by atoms with Gasteiger partial charge in [0.05, 0.1) is 42.4 Å². The Morgan fingerprint density at radius 1 is 1.30 bits per heavy atom. The number of nitrogens with zero attached hydrogens (tertiary/aromatic N) is 4. The molecule has 0 saturated carbocycles. The van der Waals surface area contributed by atoms with Crippen molar-refractivity contribution in [2.45, 2.75) is 39.8 Å². The standard InChI is InChI=1S/C21H27N5O3S/c1-6-15(11-28-4)24-20(27)17-10-23-26(19(17)12-29-5)21-22-8-7-18(25-21)16-9-13(2)30-14(16)3/h7-10,15H,6,11-12H2,1-5H3,(H,24,27). The number of aromatic nitrogens is 4. The Kier molecular flexibility index (Phi) is 7.30. The highest BCUT2D eigenvalue weighted by atomic mass is 32.1. The Labute approximate surface area is 180 Å². The lowest BCUT2D eigenvalue weighted by Gasteiger charge is -2.16. The molecule has 0 aliphatic rings. The summed E-state index contributed by atoms with van der Waals surface area (Å²) in [4.78, 5) is 24.3. The molecule has 0 bridgehead atoms. The van der Waals surface area contributed by atoms with Gasteiger partial charge in [0.25, 0.3) is 11.9 Å². The average Bonchev–Trinajstić information content (AvgIpc) is 3.30. The van der Waals surface area contributed by atoms with E-state index in [1.165, 1.54) is 16.0 Å². The van der Waals surface area contributed by atoms with Crippen LogP contribution < -0.4 is 5.32 Å². The van der Waals surface area contributed by atoms with E-state index < -0.39 is 0 Å². The van der Waals surface area contributed by atoms with E-state index >= 15 is 0 Å². The van der Waals surface area contributed by atoms with Gasteiger partial charge in [0.15, 0.2) is 0 Å². The fourth-order valence-electron chi connectivity index (χ4n) is 3.22. The number of thiophene rings is 1. The number of ether oxygens (including phenoxy) is 2. The molecule has 9 heteroatoms. The quantitative estimate of drug-likeness (QED) is 0.561. The summed E-state index contributed by atoms with van der Waals surface area (Å²) >= 11 is 1.73. The maximum atomic E-state index is 12.8. The number of amides is 1. The molecule has 1 unspecified atom stereocenters. The van der Waals surface area contributed by atoms with Gasteiger partial charge in [-0.25, -0.2) is 9.97 Å². The highest BCUT2D eigenvalue weighted by molar-refractivity contribution is 7.12. The first-order chi connectivity index (χ1) is 14.5. The molecule has 3 aromatic heterocycles. The molecule has 1 amide bonds. The van der Waals surface area contributed by atoms with E-state index in [0.717, 1.165) is 17.7 Å². The molecule has 160 valence electrons. The van der Waals surface area contributed by atoms with Crippen LogP contribution in [-0.4, -0.2) is 52.5 Å². The summed E-state index contributed by atoms with van der Waals surface area (Å²) in [6, 6.07) is 3.91. The van der Waals surface area contributed by atoms with E-state index in [1.54, 1.807) is 36.4 Å². The molecule has 0 aromatic carbocycles. The topological polar surface area (TPSA) is 91.2 Å². The number of hydrogen-bond acceptors (Lipinski definition) is 7. The molecule has 1 atom stereocenters. The minimum absolute atomic E-state index is 0.0781. The van der Waals surface area contributed by atoms with Gasteiger partial charge >= 0.3 is 0 Å². The first kappa shape index (κ1) is 22.1. The average molecular weight is 430 g/mol. The fraction of sp³-hybridized carbons (Fsp3) is 0.429. The van der Waals surface area contributed by atoms with Gasteiger partial charge in [-0.1, -0.05) is 6.92 Å². The van der Waals surface area contributed by atoms with Crippen molar-refractivity contribution in [3.63, 3.8) is 0 Å². The zero-order chi connectivity index (χ0) is 21.7. The van der Waals surface area contributed by atoms with Crippen LogP contribution in [0.5, 0.6) is 0 Å². The number of carbonyl (C=O) groups excluding carboxylic acids is 1.